The van der Waals surface area contributed by atoms with Gasteiger partial charge in [0.25, 0.3) is 0 Å². The number of amides is 1. The molecule has 2 aromatic rings. The Morgan fingerprint density at radius 1 is 1.15 bits per heavy atom. The molecule has 26 heavy (non-hydrogen) atoms. The Bertz CT molecular complexity index is 919. The van der Waals surface area contributed by atoms with Gasteiger partial charge in [-0.15, -0.1) is 6.42 Å². The summed E-state index contributed by atoms with van der Waals surface area (Å²) < 4.78 is 48.1. The smallest absolute Gasteiger partial charge is 0.423 e. The lowest BCUT2D eigenvalue weighted by Gasteiger charge is -2.32. The summed E-state index contributed by atoms with van der Waals surface area (Å²) >= 11 is 0. The van der Waals surface area contributed by atoms with E-state index in [2.05, 4.69) is 10.7 Å². The zero-order valence-electron chi connectivity index (χ0n) is 13.8. The van der Waals surface area contributed by atoms with Gasteiger partial charge in [-0.05, 0) is 42.9 Å². The van der Waals surface area contributed by atoms with Crippen LogP contribution in [0.5, 0.6) is 5.75 Å². The number of fused-ring (bicyclic) bond motifs is 2. The van der Waals surface area contributed by atoms with Gasteiger partial charge >= 0.3 is 12.0 Å². The number of anilines is 1. The lowest BCUT2D eigenvalue weighted by atomic mass is 9.96. The normalized spacial score (nSPS) is 17.9. The lowest BCUT2D eigenvalue weighted by Crippen LogP contribution is -2.51. The standard InChI is InChI=1S/C19H15F3N2O2/c1-2-7-24-16-9-15(23-10-12-5-3-4-6-13(12)11-23)14(20)8-17(16)26-19(21,22)18(24)25/h1,8-11H,3-7H2. The molecule has 0 atom stereocenters. The van der Waals surface area contributed by atoms with E-state index in [1.165, 1.54) is 6.07 Å². The molecule has 7 heteroatoms. The first kappa shape index (κ1) is 16.6. The van der Waals surface area contributed by atoms with Crippen LogP contribution in [-0.4, -0.2) is 23.1 Å². The third-order valence-corrected chi connectivity index (χ3v) is 4.72. The Kier molecular flexibility index (Phi) is 3.72. The van der Waals surface area contributed by atoms with Gasteiger partial charge in [0.1, 0.15) is 0 Å². The van der Waals surface area contributed by atoms with E-state index in [4.69, 9.17) is 6.42 Å². The van der Waals surface area contributed by atoms with E-state index < -0.39 is 23.6 Å². The maximum atomic E-state index is 14.6. The van der Waals surface area contributed by atoms with E-state index >= 15 is 0 Å². The molecule has 1 aliphatic carbocycles. The predicted octanol–water partition coefficient (Wildman–Crippen LogP) is 3.45. The number of halogens is 3. The summed E-state index contributed by atoms with van der Waals surface area (Å²) in [7, 11) is 0. The maximum Gasteiger partial charge on any atom is 0.483 e. The number of rotatable bonds is 2. The van der Waals surface area contributed by atoms with E-state index in [-0.39, 0.29) is 17.9 Å². The first-order chi connectivity index (χ1) is 12.4. The highest BCUT2D eigenvalue weighted by Gasteiger charge is 2.50. The highest BCUT2D eigenvalue weighted by Crippen LogP contribution is 2.41. The van der Waals surface area contributed by atoms with Gasteiger partial charge in [0.15, 0.2) is 11.6 Å². The largest absolute Gasteiger partial charge is 0.483 e. The van der Waals surface area contributed by atoms with Crippen LogP contribution in [0.2, 0.25) is 0 Å². The van der Waals surface area contributed by atoms with E-state index in [0.717, 1.165) is 47.8 Å². The van der Waals surface area contributed by atoms with E-state index in [0.29, 0.717) is 0 Å². The number of hydrogen-bond acceptors (Lipinski definition) is 2. The second kappa shape index (κ2) is 5.84. The Morgan fingerprint density at radius 3 is 2.42 bits per heavy atom. The molecule has 1 amide bonds. The average molecular weight is 360 g/mol. The molecular formula is C19H15F3N2O2. The molecule has 0 N–H and O–H groups in total. The molecular weight excluding hydrogens is 345 g/mol. The molecule has 1 aromatic carbocycles. The molecule has 0 spiro atoms. The molecule has 0 fully saturated rings. The fourth-order valence-corrected chi connectivity index (χ4v) is 3.48. The van der Waals surface area contributed by atoms with Crippen molar-refractivity contribution in [2.24, 2.45) is 0 Å². The lowest BCUT2D eigenvalue weighted by molar-refractivity contribution is -0.192. The minimum absolute atomic E-state index is 0.0296. The zero-order valence-corrected chi connectivity index (χ0v) is 13.8. The molecule has 1 aromatic heterocycles. The van der Waals surface area contributed by atoms with Gasteiger partial charge in [0.2, 0.25) is 0 Å². The van der Waals surface area contributed by atoms with Gasteiger partial charge in [-0.3, -0.25) is 9.69 Å². The summed E-state index contributed by atoms with van der Waals surface area (Å²) in [5.41, 5.74) is 2.48. The van der Waals surface area contributed by atoms with Crippen molar-refractivity contribution in [3.63, 3.8) is 0 Å². The van der Waals surface area contributed by atoms with Crippen molar-refractivity contribution in [3.05, 3.63) is 41.5 Å². The number of terminal acetylenes is 1. The summed E-state index contributed by atoms with van der Waals surface area (Å²) in [5, 5.41) is 0. The summed E-state index contributed by atoms with van der Waals surface area (Å²) in [6.45, 7) is -0.363. The van der Waals surface area contributed by atoms with E-state index in [9.17, 15) is 18.0 Å². The van der Waals surface area contributed by atoms with Crippen LogP contribution in [-0.2, 0) is 17.6 Å². The summed E-state index contributed by atoms with van der Waals surface area (Å²) in [4.78, 5) is 12.7. The number of aryl methyl sites for hydroxylation is 2. The zero-order chi connectivity index (χ0) is 18.5. The van der Waals surface area contributed by atoms with Crippen LogP contribution in [0, 0.1) is 18.2 Å². The molecule has 0 unspecified atom stereocenters. The Balaban J connectivity index is 1.83. The molecule has 4 rings (SSSR count). The topological polar surface area (TPSA) is 34.5 Å². The third kappa shape index (κ3) is 2.53. The van der Waals surface area contributed by atoms with Crippen molar-refractivity contribution in [2.75, 3.05) is 11.4 Å². The van der Waals surface area contributed by atoms with Crippen molar-refractivity contribution in [1.29, 1.82) is 0 Å². The molecule has 4 nitrogen and oxygen atoms in total. The van der Waals surface area contributed by atoms with Crippen molar-refractivity contribution in [3.8, 4) is 23.8 Å². The maximum absolute atomic E-state index is 14.6. The first-order valence-electron chi connectivity index (χ1n) is 8.26. The second-order valence-corrected chi connectivity index (χ2v) is 6.41. The SMILES string of the molecule is C#CCN1C(=O)C(F)(F)Oc2cc(F)c(-n3cc4c(c3)CCCC4)cc21. The molecule has 0 saturated carbocycles. The van der Waals surface area contributed by atoms with Crippen LogP contribution in [0.4, 0.5) is 18.9 Å². The third-order valence-electron chi connectivity index (χ3n) is 4.72. The fraction of sp³-hybridized carbons (Fsp3) is 0.316. The monoisotopic (exact) mass is 360 g/mol. The number of hydrogen-bond donors (Lipinski definition) is 0. The Morgan fingerprint density at radius 2 is 1.81 bits per heavy atom. The molecule has 0 radical (unpaired) electrons. The highest BCUT2D eigenvalue weighted by atomic mass is 19.3. The van der Waals surface area contributed by atoms with Gasteiger partial charge in [0, 0.05) is 18.5 Å². The number of benzene rings is 1. The first-order valence-corrected chi connectivity index (χ1v) is 8.26. The van der Waals surface area contributed by atoms with Crippen molar-refractivity contribution >= 4 is 11.6 Å². The number of alkyl halides is 2. The Hall–Kier alpha value is -2.88. The van der Waals surface area contributed by atoms with Gasteiger partial charge in [-0.2, -0.15) is 8.78 Å². The predicted molar refractivity (Wildman–Crippen MR) is 89.1 cm³/mol. The van der Waals surface area contributed by atoms with E-state index in [1.807, 2.05) is 12.4 Å². The minimum atomic E-state index is -4.08. The molecule has 2 aliphatic rings. The second-order valence-electron chi connectivity index (χ2n) is 6.41. The summed E-state index contributed by atoms with van der Waals surface area (Å²) in [5.74, 6) is -0.521. The number of carbonyl (C=O) groups excluding carboxylic acids is 1. The van der Waals surface area contributed by atoms with Crippen molar-refractivity contribution < 1.29 is 22.7 Å². The van der Waals surface area contributed by atoms with Crippen LogP contribution in [0.1, 0.15) is 24.0 Å². The number of carbonyl (C=O) groups is 1. The van der Waals surface area contributed by atoms with Crippen LogP contribution >= 0.6 is 0 Å². The van der Waals surface area contributed by atoms with Crippen LogP contribution in [0.25, 0.3) is 5.69 Å². The van der Waals surface area contributed by atoms with E-state index in [1.54, 1.807) is 4.57 Å². The molecule has 134 valence electrons. The van der Waals surface area contributed by atoms with Gasteiger partial charge < -0.3 is 9.30 Å². The summed E-state index contributed by atoms with van der Waals surface area (Å²) in [6.07, 6.45) is 8.81. The van der Waals surface area contributed by atoms with Crippen LogP contribution < -0.4 is 9.64 Å². The van der Waals surface area contributed by atoms with Crippen molar-refractivity contribution in [1.82, 2.24) is 4.57 Å². The van der Waals surface area contributed by atoms with Crippen LogP contribution in [0.3, 0.4) is 0 Å². The summed E-state index contributed by atoms with van der Waals surface area (Å²) in [6, 6.07) is 2.19. The highest BCUT2D eigenvalue weighted by molar-refractivity contribution is 6.01. The van der Waals surface area contributed by atoms with Gasteiger partial charge in [-0.1, -0.05) is 5.92 Å². The minimum Gasteiger partial charge on any atom is -0.423 e. The van der Waals surface area contributed by atoms with Crippen molar-refractivity contribution in [2.45, 2.75) is 31.8 Å². The fourth-order valence-electron chi connectivity index (χ4n) is 3.48. The van der Waals surface area contributed by atoms with Gasteiger partial charge in [0.05, 0.1) is 17.9 Å². The molecule has 1 aliphatic heterocycles. The molecule has 0 bridgehead atoms. The number of aromatic nitrogens is 1. The quantitative estimate of drug-likeness (QED) is 0.769. The number of ether oxygens (including phenoxy) is 1. The van der Waals surface area contributed by atoms with Crippen LogP contribution in [0.15, 0.2) is 24.5 Å². The molecule has 2 heterocycles. The average Bonchev–Trinajstić information content (AvgIpc) is 3.02. The molecule has 0 saturated heterocycles. The van der Waals surface area contributed by atoms with Gasteiger partial charge in [-0.25, -0.2) is 4.39 Å². The Labute approximate surface area is 148 Å². The number of nitrogens with zero attached hydrogens (tertiary/aromatic N) is 2.